The Labute approximate surface area is 185 Å². The molecule has 1 N–H and O–H groups in total. The quantitative estimate of drug-likeness (QED) is 0.405. The summed E-state index contributed by atoms with van der Waals surface area (Å²) in [6.07, 6.45) is 0. The number of para-hydroxylation sites is 1. The van der Waals surface area contributed by atoms with Crippen molar-refractivity contribution in [3.8, 4) is 5.69 Å². The van der Waals surface area contributed by atoms with Gasteiger partial charge >= 0.3 is 0 Å². The average molecular weight is 457 g/mol. The average Bonchev–Trinajstić information content (AvgIpc) is 3.35. The normalized spacial score (nSPS) is 12.1. The molecule has 0 saturated carbocycles. The van der Waals surface area contributed by atoms with Crippen molar-refractivity contribution in [2.24, 2.45) is 0 Å². The van der Waals surface area contributed by atoms with Gasteiger partial charge in [-0.25, -0.2) is 13.4 Å². The molecule has 0 aliphatic rings. The molecule has 2 aromatic heterocycles. The van der Waals surface area contributed by atoms with Crippen molar-refractivity contribution in [2.45, 2.75) is 36.6 Å². The summed E-state index contributed by atoms with van der Waals surface area (Å²) in [7, 11) is -3.51. The molecule has 0 atom stereocenters. The Kier molecular flexibility index (Phi) is 6.12. The number of benzene rings is 2. The van der Waals surface area contributed by atoms with Crippen molar-refractivity contribution < 1.29 is 8.42 Å². The van der Waals surface area contributed by atoms with Gasteiger partial charge in [0.1, 0.15) is 11.6 Å². The van der Waals surface area contributed by atoms with Gasteiger partial charge in [0.25, 0.3) is 0 Å². The molecule has 2 aromatic carbocycles. The lowest BCUT2D eigenvalue weighted by Crippen LogP contribution is -2.30. The number of rotatable bonds is 8. The molecule has 10 heteroatoms. The third-order valence-corrected chi connectivity index (χ3v) is 7.98. The first kappa shape index (κ1) is 21.5. The summed E-state index contributed by atoms with van der Waals surface area (Å²) in [4.78, 5) is 8.12. The van der Waals surface area contributed by atoms with Crippen LogP contribution >= 0.6 is 11.8 Å². The minimum atomic E-state index is -3.51. The molecule has 4 rings (SSSR count). The van der Waals surface area contributed by atoms with E-state index in [1.165, 1.54) is 16.1 Å². The van der Waals surface area contributed by atoms with Gasteiger partial charge in [-0.05, 0) is 37.3 Å². The predicted octanol–water partition coefficient (Wildman–Crippen LogP) is 3.77. The number of hydrogen-bond acceptors (Lipinski definition) is 6. The molecule has 0 amide bonds. The summed E-state index contributed by atoms with van der Waals surface area (Å²) in [5.74, 6) is 2.11. The van der Waals surface area contributed by atoms with Gasteiger partial charge in [0.15, 0.2) is 5.16 Å². The molecule has 0 saturated heterocycles. The fourth-order valence-electron chi connectivity index (χ4n) is 3.43. The summed E-state index contributed by atoms with van der Waals surface area (Å²) in [6, 6.07) is 15.0. The van der Waals surface area contributed by atoms with Crippen molar-refractivity contribution >= 4 is 32.8 Å². The highest BCUT2D eigenvalue weighted by Crippen LogP contribution is 2.26. The van der Waals surface area contributed by atoms with Gasteiger partial charge in [0.2, 0.25) is 10.0 Å². The van der Waals surface area contributed by atoms with Gasteiger partial charge in [-0.2, -0.15) is 4.31 Å². The van der Waals surface area contributed by atoms with Crippen molar-refractivity contribution in [3.05, 3.63) is 60.2 Å². The smallest absolute Gasteiger partial charge is 0.243 e. The van der Waals surface area contributed by atoms with E-state index in [9.17, 15) is 8.42 Å². The van der Waals surface area contributed by atoms with Gasteiger partial charge in [0.05, 0.1) is 21.7 Å². The van der Waals surface area contributed by atoms with Crippen LogP contribution < -0.4 is 0 Å². The fourth-order valence-corrected chi connectivity index (χ4v) is 5.78. The number of aromatic amines is 1. The zero-order chi connectivity index (χ0) is 22.0. The van der Waals surface area contributed by atoms with Crippen LogP contribution in [0.25, 0.3) is 16.7 Å². The highest BCUT2D eigenvalue weighted by Gasteiger charge is 2.22. The minimum absolute atomic E-state index is 0.269. The van der Waals surface area contributed by atoms with Crippen LogP contribution in [0.4, 0.5) is 0 Å². The van der Waals surface area contributed by atoms with E-state index in [4.69, 9.17) is 0 Å². The second kappa shape index (κ2) is 8.81. The second-order valence-corrected chi connectivity index (χ2v) is 9.82. The first-order chi connectivity index (χ1) is 14.9. The Morgan fingerprint density at radius 1 is 1.06 bits per heavy atom. The summed E-state index contributed by atoms with van der Waals surface area (Å²) >= 11 is 1.52. The van der Waals surface area contributed by atoms with E-state index in [0.717, 1.165) is 28.0 Å². The third kappa shape index (κ3) is 4.23. The van der Waals surface area contributed by atoms with Crippen LogP contribution in [0.5, 0.6) is 0 Å². The highest BCUT2D eigenvalue weighted by atomic mass is 32.2. The summed E-state index contributed by atoms with van der Waals surface area (Å²) in [6.45, 7) is 6.46. The molecular formula is C21H24N6O2S2. The molecule has 0 bridgehead atoms. The second-order valence-electron chi connectivity index (χ2n) is 6.94. The lowest BCUT2D eigenvalue weighted by atomic mass is 10.3. The van der Waals surface area contributed by atoms with Gasteiger partial charge in [-0.1, -0.05) is 43.8 Å². The fraction of sp³-hybridized carbons (Fsp3) is 0.286. The maximum atomic E-state index is 12.8. The molecule has 0 fully saturated rings. The number of thioether (sulfide) groups is 1. The van der Waals surface area contributed by atoms with E-state index >= 15 is 0 Å². The minimum Gasteiger partial charge on any atom is -0.341 e. The Morgan fingerprint density at radius 3 is 2.52 bits per heavy atom. The molecule has 8 nitrogen and oxygen atoms in total. The Hall–Kier alpha value is -2.69. The van der Waals surface area contributed by atoms with Crippen LogP contribution in [0.2, 0.25) is 0 Å². The number of aromatic nitrogens is 5. The van der Waals surface area contributed by atoms with E-state index in [-0.39, 0.29) is 4.90 Å². The molecule has 0 spiro atoms. The Bertz CT molecular complexity index is 1290. The van der Waals surface area contributed by atoms with E-state index in [1.54, 1.807) is 18.2 Å². The largest absolute Gasteiger partial charge is 0.341 e. The molecular weight excluding hydrogens is 432 g/mol. The van der Waals surface area contributed by atoms with Crippen molar-refractivity contribution in [3.63, 3.8) is 0 Å². The highest BCUT2D eigenvalue weighted by molar-refractivity contribution is 7.98. The zero-order valence-corrected chi connectivity index (χ0v) is 19.2. The molecule has 0 aliphatic heterocycles. The zero-order valence-electron chi connectivity index (χ0n) is 17.6. The maximum absolute atomic E-state index is 12.8. The monoisotopic (exact) mass is 456 g/mol. The Morgan fingerprint density at radius 2 is 1.81 bits per heavy atom. The SMILES string of the molecule is CCN(CC)S(=O)(=O)c1ccc2nc(CSc3nnc(C)n3-c3ccccc3)[nH]c2c1. The van der Waals surface area contributed by atoms with Crippen LogP contribution in [0, 0.1) is 6.92 Å². The number of imidazole rings is 1. The molecule has 162 valence electrons. The standard InChI is InChI=1S/C21H24N6O2S2/c1-4-26(5-2)31(28,29)17-11-12-18-19(13-17)23-20(22-18)14-30-21-25-24-15(3)27(21)16-9-7-6-8-10-16/h6-13H,4-5,14H2,1-3H3,(H,22,23). The van der Waals surface area contributed by atoms with E-state index < -0.39 is 10.0 Å². The molecule has 31 heavy (non-hydrogen) atoms. The van der Waals surface area contributed by atoms with E-state index in [2.05, 4.69) is 20.2 Å². The van der Waals surface area contributed by atoms with Crippen molar-refractivity contribution in [1.82, 2.24) is 29.0 Å². The number of nitrogens with one attached hydrogen (secondary N) is 1. The lowest BCUT2D eigenvalue weighted by molar-refractivity contribution is 0.445. The number of nitrogens with zero attached hydrogens (tertiary/aromatic N) is 5. The third-order valence-electron chi connectivity index (χ3n) is 4.99. The molecule has 0 unspecified atom stereocenters. The number of sulfonamides is 1. The Balaban J connectivity index is 1.58. The van der Waals surface area contributed by atoms with Gasteiger partial charge in [-0.3, -0.25) is 4.57 Å². The molecule has 0 aliphatic carbocycles. The molecule has 0 radical (unpaired) electrons. The first-order valence-electron chi connectivity index (χ1n) is 10.0. The van der Waals surface area contributed by atoms with Crippen LogP contribution in [0.15, 0.2) is 58.6 Å². The van der Waals surface area contributed by atoms with Crippen LogP contribution in [-0.4, -0.2) is 50.5 Å². The first-order valence-corrected chi connectivity index (χ1v) is 12.5. The van der Waals surface area contributed by atoms with Crippen LogP contribution in [0.3, 0.4) is 0 Å². The predicted molar refractivity (Wildman–Crippen MR) is 122 cm³/mol. The van der Waals surface area contributed by atoms with Crippen LogP contribution in [0.1, 0.15) is 25.5 Å². The number of aryl methyl sites for hydroxylation is 1. The van der Waals surface area contributed by atoms with Crippen molar-refractivity contribution in [2.75, 3.05) is 13.1 Å². The number of H-pyrrole nitrogens is 1. The summed E-state index contributed by atoms with van der Waals surface area (Å²) in [5.41, 5.74) is 2.43. The van der Waals surface area contributed by atoms with Crippen LogP contribution in [-0.2, 0) is 15.8 Å². The lowest BCUT2D eigenvalue weighted by Gasteiger charge is -2.18. The van der Waals surface area contributed by atoms with E-state index in [1.807, 2.05) is 55.7 Å². The number of fused-ring (bicyclic) bond motifs is 1. The van der Waals surface area contributed by atoms with E-state index in [0.29, 0.717) is 24.4 Å². The summed E-state index contributed by atoms with van der Waals surface area (Å²) in [5, 5.41) is 9.28. The maximum Gasteiger partial charge on any atom is 0.243 e. The topological polar surface area (TPSA) is 96.8 Å². The van der Waals surface area contributed by atoms with Crippen molar-refractivity contribution in [1.29, 1.82) is 0 Å². The molecule has 2 heterocycles. The van der Waals surface area contributed by atoms with Gasteiger partial charge in [0, 0.05) is 18.8 Å². The van der Waals surface area contributed by atoms with Gasteiger partial charge in [-0.15, -0.1) is 10.2 Å². The summed E-state index contributed by atoms with van der Waals surface area (Å²) < 4.78 is 29.0. The van der Waals surface area contributed by atoms with Gasteiger partial charge < -0.3 is 4.98 Å². The molecule has 4 aromatic rings. The number of hydrogen-bond donors (Lipinski definition) is 1.